The first-order chi connectivity index (χ1) is 23.1. The lowest BCUT2D eigenvalue weighted by molar-refractivity contribution is 0.0992. The maximum absolute atomic E-state index is 13.5. The smallest absolute Gasteiger partial charge is 0.183 e. The molecule has 2 aromatic carbocycles. The van der Waals surface area contributed by atoms with Crippen molar-refractivity contribution in [2.24, 2.45) is 10.2 Å². The third-order valence-electron chi connectivity index (χ3n) is 7.64. The van der Waals surface area contributed by atoms with Gasteiger partial charge in [-0.15, -0.1) is 10.2 Å². The minimum Gasteiger partial charge on any atom is -0.495 e. The van der Waals surface area contributed by atoms with Gasteiger partial charge in [-0.05, 0) is 32.4 Å². The summed E-state index contributed by atoms with van der Waals surface area (Å²) < 4.78 is 43.4. The van der Waals surface area contributed by atoms with Crippen LogP contribution in [0.5, 0.6) is 11.5 Å². The van der Waals surface area contributed by atoms with Crippen molar-refractivity contribution in [2.45, 2.75) is 38.1 Å². The van der Waals surface area contributed by atoms with Crippen LogP contribution in [0.3, 0.4) is 0 Å². The average molecular weight is 684 g/mol. The van der Waals surface area contributed by atoms with Crippen molar-refractivity contribution in [3.05, 3.63) is 53.6 Å². The first-order valence-corrected chi connectivity index (χ1v) is 17.2. The topological polar surface area (TPSA) is 191 Å². The molecule has 48 heavy (non-hydrogen) atoms. The fourth-order valence-corrected chi connectivity index (χ4v) is 6.23. The number of aliphatic hydroxyl groups excluding tert-OH is 2. The Balaban J connectivity index is 2.03. The molecule has 1 atom stereocenters. The summed E-state index contributed by atoms with van der Waals surface area (Å²) in [4.78, 5) is 6.54. The van der Waals surface area contributed by atoms with Gasteiger partial charge < -0.3 is 35.1 Å². The Kier molecular flexibility index (Phi) is 15.0. The van der Waals surface area contributed by atoms with Crippen LogP contribution < -0.4 is 20.1 Å². The minimum atomic E-state index is -3.84. The van der Waals surface area contributed by atoms with Crippen LogP contribution in [-0.4, -0.2) is 101 Å². The van der Waals surface area contributed by atoms with E-state index in [2.05, 4.69) is 31.9 Å². The van der Waals surface area contributed by atoms with Crippen LogP contribution >= 0.6 is 0 Å². The lowest BCUT2D eigenvalue weighted by Crippen LogP contribution is -2.38. The van der Waals surface area contributed by atoms with E-state index in [0.29, 0.717) is 30.3 Å². The molecule has 0 fully saturated rings. The van der Waals surface area contributed by atoms with Gasteiger partial charge in [-0.2, -0.15) is 5.26 Å². The number of benzene rings is 2. The Hall–Kier alpha value is -4.33. The quantitative estimate of drug-likeness (QED) is 0.0948. The van der Waals surface area contributed by atoms with Crippen molar-refractivity contribution in [2.75, 3.05) is 76.7 Å². The number of aromatic nitrogens is 1. The van der Waals surface area contributed by atoms with Gasteiger partial charge in [-0.25, -0.2) is 13.4 Å². The number of nitrogens with zero attached hydrogens (tertiary/aromatic N) is 5. The number of nitrogens with one attached hydrogen (secondary N) is 2. The number of nitriles is 1. The van der Waals surface area contributed by atoms with E-state index in [9.17, 15) is 18.8 Å². The summed E-state index contributed by atoms with van der Waals surface area (Å²) in [6.45, 7) is 6.91. The number of hydrogen-bond donors (Lipinski definition) is 4. The number of azo groups is 1. The zero-order valence-electron chi connectivity index (χ0n) is 28.1. The fourth-order valence-electron chi connectivity index (χ4n) is 4.80. The van der Waals surface area contributed by atoms with Crippen LogP contribution in [0.1, 0.15) is 31.4 Å². The van der Waals surface area contributed by atoms with Gasteiger partial charge >= 0.3 is 0 Å². The Morgan fingerprint density at radius 2 is 1.75 bits per heavy atom. The van der Waals surface area contributed by atoms with Gasteiger partial charge in [0.25, 0.3) is 0 Å². The maximum Gasteiger partial charge on any atom is 0.183 e. The van der Waals surface area contributed by atoms with Gasteiger partial charge in [0.05, 0.1) is 52.0 Å². The largest absolute Gasteiger partial charge is 0.495 e. The molecular formula is C33H45N7O7S. The van der Waals surface area contributed by atoms with Crippen LogP contribution in [0.15, 0.2) is 57.6 Å². The van der Waals surface area contributed by atoms with Gasteiger partial charge in [0.1, 0.15) is 33.8 Å². The van der Waals surface area contributed by atoms with E-state index < -0.39 is 9.84 Å². The highest BCUT2D eigenvalue weighted by molar-refractivity contribution is 7.91. The average Bonchev–Trinajstić information content (AvgIpc) is 3.09. The van der Waals surface area contributed by atoms with E-state index in [1.165, 1.54) is 26.4 Å². The van der Waals surface area contributed by atoms with Crippen LogP contribution in [0.2, 0.25) is 0 Å². The number of ether oxygens (including phenoxy) is 3. The second-order valence-corrected chi connectivity index (χ2v) is 12.8. The van der Waals surface area contributed by atoms with E-state index in [0.717, 1.165) is 12.1 Å². The van der Waals surface area contributed by atoms with E-state index >= 15 is 0 Å². The van der Waals surface area contributed by atoms with Crippen LogP contribution in [0, 0.1) is 18.3 Å². The number of pyridine rings is 1. The number of sulfone groups is 1. The number of hydrogen-bond acceptors (Lipinski definition) is 14. The number of para-hydroxylation sites is 1. The maximum atomic E-state index is 13.5. The van der Waals surface area contributed by atoms with Crippen molar-refractivity contribution in [1.82, 2.24) is 9.88 Å². The summed E-state index contributed by atoms with van der Waals surface area (Å²) in [6.07, 6.45) is 0.808. The van der Waals surface area contributed by atoms with Crippen LogP contribution in [-0.2, 0) is 14.6 Å². The third-order valence-corrected chi connectivity index (χ3v) is 9.35. The molecule has 0 saturated heterocycles. The molecule has 3 rings (SSSR count). The molecule has 0 bridgehead atoms. The molecule has 260 valence electrons. The number of anilines is 3. The molecule has 1 aromatic heterocycles. The highest BCUT2D eigenvalue weighted by atomic mass is 32.2. The van der Waals surface area contributed by atoms with Gasteiger partial charge in [0.15, 0.2) is 21.5 Å². The fraction of sp³-hybridized carbons (Fsp3) is 0.455. The zero-order valence-corrected chi connectivity index (χ0v) is 28.9. The first-order valence-electron chi connectivity index (χ1n) is 15.6. The Morgan fingerprint density at radius 1 is 1.02 bits per heavy atom. The molecule has 15 heteroatoms. The summed E-state index contributed by atoms with van der Waals surface area (Å²) >= 11 is 0. The normalized spacial score (nSPS) is 12.2. The Bertz CT molecular complexity index is 1670. The van der Waals surface area contributed by atoms with Crippen LogP contribution in [0.25, 0.3) is 0 Å². The summed E-state index contributed by atoms with van der Waals surface area (Å²) in [5.74, 6) is 0.655. The predicted molar refractivity (Wildman–Crippen MR) is 184 cm³/mol. The summed E-state index contributed by atoms with van der Waals surface area (Å²) in [7, 11) is -1.07. The minimum absolute atomic E-state index is 0.0555. The Morgan fingerprint density at radius 3 is 2.38 bits per heavy atom. The highest BCUT2D eigenvalue weighted by Gasteiger charge is 2.25. The van der Waals surface area contributed by atoms with E-state index in [-0.39, 0.29) is 78.1 Å². The molecule has 0 spiro atoms. The standard InChI is InChI=1S/C33H45N7O7S/c1-6-23(2)40(13-15-41)14-19-48(43,44)30-21-28(45-4)27(20-29(30)46-5)38-39-31-24(3)26(22-34)32(36-25-10-8-7-9-11-25)37-33(31)35-12-17-47-18-16-42/h7-11,20-21,23,41-42H,6,12-19H2,1-5H3,(H2,35,36,37)/b39-38+. The molecule has 0 saturated carbocycles. The zero-order chi connectivity index (χ0) is 35.1. The highest BCUT2D eigenvalue weighted by Crippen LogP contribution is 2.40. The van der Waals surface area contributed by atoms with Crippen molar-refractivity contribution in [3.8, 4) is 17.6 Å². The monoisotopic (exact) mass is 683 g/mol. The van der Waals surface area contributed by atoms with Crippen molar-refractivity contribution >= 4 is 38.5 Å². The van der Waals surface area contributed by atoms with Crippen LogP contribution in [0.4, 0.5) is 28.7 Å². The lowest BCUT2D eigenvalue weighted by Gasteiger charge is -2.27. The van der Waals surface area contributed by atoms with Gasteiger partial charge in [0, 0.05) is 49.1 Å². The second kappa shape index (κ2) is 18.9. The molecule has 1 unspecified atom stereocenters. The second-order valence-electron chi connectivity index (χ2n) is 10.7. The van der Waals surface area contributed by atoms with Crippen molar-refractivity contribution in [3.63, 3.8) is 0 Å². The molecular weight excluding hydrogens is 638 g/mol. The molecule has 4 N–H and O–H groups in total. The molecule has 0 amide bonds. The first kappa shape index (κ1) is 38.1. The summed E-state index contributed by atoms with van der Waals surface area (Å²) in [5, 5.41) is 43.8. The lowest BCUT2D eigenvalue weighted by atomic mass is 10.1. The van der Waals surface area contributed by atoms with Gasteiger partial charge in [-0.1, -0.05) is 25.1 Å². The van der Waals surface area contributed by atoms with E-state index in [4.69, 9.17) is 19.3 Å². The molecule has 1 heterocycles. The van der Waals surface area contributed by atoms with E-state index in [1.807, 2.05) is 49.1 Å². The summed E-state index contributed by atoms with van der Waals surface area (Å²) in [6, 6.07) is 14.4. The predicted octanol–water partition coefficient (Wildman–Crippen LogP) is 4.73. The molecule has 3 aromatic rings. The third kappa shape index (κ3) is 10.1. The molecule has 14 nitrogen and oxygen atoms in total. The number of rotatable bonds is 20. The Labute approximate surface area is 282 Å². The molecule has 0 aliphatic heterocycles. The van der Waals surface area contributed by atoms with E-state index in [1.54, 1.807) is 6.92 Å². The van der Waals surface area contributed by atoms with Gasteiger partial charge in [0.2, 0.25) is 0 Å². The summed E-state index contributed by atoms with van der Waals surface area (Å²) in [5.41, 5.74) is 1.96. The number of methoxy groups -OCH3 is 2. The number of aliphatic hydroxyl groups is 2. The molecule has 0 aliphatic rings. The van der Waals surface area contributed by atoms with Gasteiger partial charge in [-0.3, -0.25) is 4.90 Å². The molecule has 0 radical (unpaired) electrons. The molecule has 0 aliphatic carbocycles. The van der Waals surface area contributed by atoms with Crippen molar-refractivity contribution in [1.29, 1.82) is 5.26 Å². The SMILES string of the molecule is CCC(C)N(CCO)CCS(=O)(=O)c1cc(OC)c(/N=N/c2c(NCCOCCO)nc(Nc3ccccc3)c(C#N)c2C)cc1OC. The van der Waals surface area contributed by atoms with Crippen molar-refractivity contribution < 1.29 is 32.8 Å².